The molecule has 0 spiro atoms. The van der Waals surface area contributed by atoms with Crippen LogP contribution in [0.3, 0.4) is 0 Å². The lowest BCUT2D eigenvalue weighted by Gasteiger charge is -2.23. The zero-order valence-corrected chi connectivity index (χ0v) is 18.2. The first-order valence-corrected chi connectivity index (χ1v) is 12.2. The van der Waals surface area contributed by atoms with Crippen molar-refractivity contribution in [3.05, 3.63) is 87.6 Å². The molecular weight excluding hydrogens is 418 g/mol. The van der Waals surface area contributed by atoms with Crippen molar-refractivity contribution < 1.29 is 13.2 Å². The van der Waals surface area contributed by atoms with E-state index in [0.717, 1.165) is 23.1 Å². The Morgan fingerprint density at radius 1 is 1.10 bits per heavy atom. The third kappa shape index (κ3) is 4.15. The van der Waals surface area contributed by atoms with Crippen LogP contribution in [-0.4, -0.2) is 31.3 Å². The molecular formula is C22H21N3O3S2. The quantitative estimate of drug-likeness (QED) is 0.639. The van der Waals surface area contributed by atoms with Crippen LogP contribution in [0.25, 0.3) is 0 Å². The van der Waals surface area contributed by atoms with Gasteiger partial charge in [-0.2, -0.15) is 5.10 Å². The van der Waals surface area contributed by atoms with Gasteiger partial charge in [0.25, 0.3) is 5.91 Å². The first-order chi connectivity index (χ1) is 14.3. The Labute approximate surface area is 179 Å². The van der Waals surface area contributed by atoms with Crippen molar-refractivity contribution >= 4 is 38.7 Å². The number of rotatable bonds is 5. The summed E-state index contributed by atoms with van der Waals surface area (Å²) in [6.45, 7) is 2.01. The molecule has 0 fully saturated rings. The van der Waals surface area contributed by atoms with Crippen molar-refractivity contribution in [2.45, 2.75) is 19.4 Å². The third-order valence-electron chi connectivity index (χ3n) is 4.92. The van der Waals surface area contributed by atoms with E-state index in [9.17, 15) is 13.2 Å². The molecule has 1 amide bonds. The molecule has 0 aliphatic carbocycles. The molecule has 0 saturated carbocycles. The van der Waals surface area contributed by atoms with E-state index in [1.807, 2.05) is 54.8 Å². The second-order valence-electron chi connectivity index (χ2n) is 7.17. The largest absolute Gasteiger partial charge is 0.284 e. The molecule has 1 aliphatic heterocycles. The number of sulfonamides is 1. The summed E-state index contributed by atoms with van der Waals surface area (Å²) < 4.78 is 26.3. The van der Waals surface area contributed by atoms with E-state index in [4.69, 9.17) is 5.10 Å². The number of carbonyl (C=O) groups excluding carboxylic acids is 1. The van der Waals surface area contributed by atoms with Crippen LogP contribution in [0.4, 0.5) is 5.69 Å². The molecule has 1 unspecified atom stereocenters. The Hall–Kier alpha value is -2.97. The summed E-state index contributed by atoms with van der Waals surface area (Å²) in [4.78, 5) is 13.8. The number of nitrogens with zero attached hydrogens (tertiary/aromatic N) is 2. The van der Waals surface area contributed by atoms with Gasteiger partial charge in [-0.15, -0.1) is 11.3 Å². The van der Waals surface area contributed by atoms with Crippen LogP contribution < -0.4 is 4.72 Å². The van der Waals surface area contributed by atoms with E-state index in [2.05, 4.69) is 4.72 Å². The van der Waals surface area contributed by atoms with Gasteiger partial charge in [-0.1, -0.05) is 48.5 Å². The summed E-state index contributed by atoms with van der Waals surface area (Å²) in [5.41, 5.74) is 4.02. The van der Waals surface area contributed by atoms with Crippen LogP contribution >= 0.6 is 11.3 Å². The van der Waals surface area contributed by atoms with Crippen molar-refractivity contribution in [3.63, 3.8) is 0 Å². The minimum Gasteiger partial charge on any atom is -0.283 e. The van der Waals surface area contributed by atoms with Crippen LogP contribution in [0.1, 0.15) is 38.8 Å². The maximum absolute atomic E-state index is 13.2. The van der Waals surface area contributed by atoms with Gasteiger partial charge in [-0.3, -0.25) is 9.52 Å². The molecule has 0 bridgehead atoms. The second kappa shape index (κ2) is 8.04. The third-order valence-corrected chi connectivity index (χ3v) is 6.37. The molecule has 0 saturated heterocycles. The topological polar surface area (TPSA) is 78.8 Å². The summed E-state index contributed by atoms with van der Waals surface area (Å²) in [6.07, 6.45) is 1.60. The summed E-state index contributed by atoms with van der Waals surface area (Å²) in [5.74, 6) is -0.201. The zero-order valence-electron chi connectivity index (χ0n) is 16.6. The van der Waals surface area contributed by atoms with Gasteiger partial charge in [0.1, 0.15) is 0 Å². The molecule has 1 aliphatic rings. The van der Waals surface area contributed by atoms with E-state index in [0.29, 0.717) is 22.5 Å². The van der Waals surface area contributed by atoms with E-state index in [-0.39, 0.29) is 5.91 Å². The number of anilines is 1. The lowest BCUT2D eigenvalue weighted by molar-refractivity contribution is 0.0717. The smallest absolute Gasteiger partial charge is 0.283 e. The Morgan fingerprint density at radius 3 is 2.53 bits per heavy atom. The van der Waals surface area contributed by atoms with Gasteiger partial charge in [0.15, 0.2) is 0 Å². The average molecular weight is 440 g/mol. The van der Waals surface area contributed by atoms with Crippen LogP contribution in [-0.2, 0) is 10.0 Å². The van der Waals surface area contributed by atoms with Gasteiger partial charge in [0, 0.05) is 17.5 Å². The fraction of sp³-hybridized carbons (Fsp3) is 0.182. The second-order valence-corrected chi connectivity index (χ2v) is 9.87. The summed E-state index contributed by atoms with van der Waals surface area (Å²) in [5, 5.41) is 8.03. The minimum atomic E-state index is -3.47. The average Bonchev–Trinajstić information content (AvgIpc) is 3.37. The molecule has 30 heavy (non-hydrogen) atoms. The minimum absolute atomic E-state index is 0.201. The predicted molar refractivity (Wildman–Crippen MR) is 120 cm³/mol. The summed E-state index contributed by atoms with van der Waals surface area (Å²) >= 11 is 1.36. The molecule has 1 N–H and O–H groups in total. The van der Waals surface area contributed by atoms with Gasteiger partial charge in [0.2, 0.25) is 10.0 Å². The van der Waals surface area contributed by atoms with Crippen molar-refractivity contribution in [1.29, 1.82) is 0 Å². The monoisotopic (exact) mass is 439 g/mol. The lowest BCUT2D eigenvalue weighted by Crippen LogP contribution is -2.27. The highest BCUT2D eigenvalue weighted by Gasteiger charge is 2.35. The van der Waals surface area contributed by atoms with E-state index in [1.165, 1.54) is 16.3 Å². The highest BCUT2D eigenvalue weighted by atomic mass is 32.2. The van der Waals surface area contributed by atoms with Crippen LogP contribution in [0.2, 0.25) is 0 Å². The first kappa shape index (κ1) is 20.3. The number of nitrogens with one attached hydrogen (secondary N) is 1. The maximum atomic E-state index is 13.2. The number of hydrogen-bond acceptors (Lipinski definition) is 5. The van der Waals surface area contributed by atoms with Gasteiger partial charge in [-0.25, -0.2) is 13.4 Å². The molecule has 2 heterocycles. The van der Waals surface area contributed by atoms with E-state index < -0.39 is 16.1 Å². The summed E-state index contributed by atoms with van der Waals surface area (Å²) in [7, 11) is -3.47. The molecule has 154 valence electrons. The lowest BCUT2D eigenvalue weighted by atomic mass is 9.95. The number of carbonyl (C=O) groups is 1. The number of para-hydroxylation sites is 1. The number of benzene rings is 2. The molecule has 4 rings (SSSR count). The van der Waals surface area contributed by atoms with Gasteiger partial charge >= 0.3 is 0 Å². The van der Waals surface area contributed by atoms with Gasteiger partial charge in [0.05, 0.1) is 28.6 Å². The molecule has 0 radical (unpaired) electrons. The number of amides is 1. The van der Waals surface area contributed by atoms with Crippen molar-refractivity contribution in [1.82, 2.24) is 5.01 Å². The molecule has 1 atom stereocenters. The normalized spacial score (nSPS) is 16.4. The highest BCUT2D eigenvalue weighted by Crippen LogP contribution is 2.38. The first-order valence-electron chi connectivity index (χ1n) is 9.41. The summed E-state index contributed by atoms with van der Waals surface area (Å²) in [6, 6.07) is 18.2. The van der Waals surface area contributed by atoms with Crippen LogP contribution in [0, 0.1) is 6.92 Å². The zero-order chi connectivity index (χ0) is 21.3. The van der Waals surface area contributed by atoms with Crippen LogP contribution in [0.5, 0.6) is 0 Å². The Morgan fingerprint density at radius 2 is 1.83 bits per heavy atom. The van der Waals surface area contributed by atoms with Crippen molar-refractivity contribution in [2.24, 2.45) is 5.10 Å². The van der Waals surface area contributed by atoms with E-state index in [1.54, 1.807) is 18.2 Å². The van der Waals surface area contributed by atoms with Gasteiger partial charge in [-0.05, 0) is 30.0 Å². The Balaban J connectivity index is 1.79. The van der Waals surface area contributed by atoms with Gasteiger partial charge < -0.3 is 0 Å². The Kier molecular flexibility index (Phi) is 5.44. The van der Waals surface area contributed by atoms with Crippen molar-refractivity contribution in [3.8, 4) is 0 Å². The predicted octanol–water partition coefficient (Wildman–Crippen LogP) is 4.42. The standard InChI is InChI=1S/C22H21N3O3S2/c1-15-8-3-4-9-16(15)19-14-20(25(23-19)22(26)21-12-7-13-29-21)17-10-5-6-11-18(17)24-30(2,27)28/h3-13,20,24H,14H2,1-2H3. The molecule has 1 aromatic heterocycles. The number of aryl methyl sites for hydroxylation is 1. The van der Waals surface area contributed by atoms with Crippen molar-refractivity contribution in [2.75, 3.05) is 11.0 Å². The number of hydrazone groups is 1. The fourth-order valence-corrected chi connectivity index (χ4v) is 4.83. The molecule has 8 heteroatoms. The number of thiophene rings is 1. The molecule has 3 aromatic rings. The molecule has 2 aromatic carbocycles. The van der Waals surface area contributed by atoms with E-state index >= 15 is 0 Å². The number of hydrogen-bond donors (Lipinski definition) is 1. The Bertz CT molecular complexity index is 1220. The highest BCUT2D eigenvalue weighted by molar-refractivity contribution is 7.92. The maximum Gasteiger partial charge on any atom is 0.284 e. The molecule has 6 nitrogen and oxygen atoms in total. The van der Waals surface area contributed by atoms with Crippen LogP contribution in [0.15, 0.2) is 71.1 Å². The fourth-order valence-electron chi connectivity index (χ4n) is 3.59. The SMILES string of the molecule is Cc1ccccc1C1=NN(C(=O)c2cccs2)C(c2ccccc2NS(C)(=O)=O)C1.